The number of benzene rings is 1. The van der Waals surface area contributed by atoms with Crippen LogP contribution in [0.3, 0.4) is 0 Å². The second kappa shape index (κ2) is 6.92. The Labute approximate surface area is 174 Å². The van der Waals surface area contributed by atoms with Crippen LogP contribution in [-0.4, -0.2) is 31.3 Å². The van der Waals surface area contributed by atoms with Crippen molar-refractivity contribution < 1.29 is 0 Å². The van der Waals surface area contributed by atoms with Crippen LogP contribution in [0.1, 0.15) is 28.1 Å². The van der Waals surface area contributed by atoms with E-state index in [-0.39, 0.29) is 0 Å². The van der Waals surface area contributed by atoms with Gasteiger partial charge in [0, 0.05) is 44.0 Å². The van der Waals surface area contributed by atoms with Gasteiger partial charge in [0.05, 0.1) is 17.4 Å². The molecule has 0 aliphatic carbocycles. The Kier molecular flexibility index (Phi) is 4.21. The third kappa shape index (κ3) is 2.89. The lowest BCUT2D eigenvalue weighted by Gasteiger charge is -2.30. The van der Waals surface area contributed by atoms with Gasteiger partial charge in [-0.1, -0.05) is 6.07 Å². The monoisotopic (exact) mass is 395 g/mol. The fraction of sp³-hybridized carbons (Fsp3) is 0.261. The molecular weight excluding hydrogens is 374 g/mol. The first-order valence-electron chi connectivity index (χ1n) is 9.93. The van der Waals surface area contributed by atoms with E-state index in [4.69, 9.17) is 4.98 Å². The first kappa shape index (κ1) is 18.3. The van der Waals surface area contributed by atoms with E-state index in [9.17, 15) is 5.26 Å². The number of pyridine rings is 1. The third-order valence-corrected chi connectivity index (χ3v) is 6.00. The summed E-state index contributed by atoms with van der Waals surface area (Å²) in [6.07, 6.45) is 4.65. The number of anilines is 1. The average molecular weight is 395 g/mol. The van der Waals surface area contributed by atoms with Crippen LogP contribution in [0.15, 0.2) is 36.8 Å². The Balaban J connectivity index is 1.50. The van der Waals surface area contributed by atoms with Crippen LogP contribution >= 0.6 is 0 Å². The van der Waals surface area contributed by atoms with Crippen LogP contribution in [0.25, 0.3) is 22.2 Å². The molecule has 0 radical (unpaired) electrons. The number of hydrogen-bond donors (Lipinski definition) is 0. The molecule has 4 aromatic rings. The van der Waals surface area contributed by atoms with Gasteiger partial charge in [-0.3, -0.25) is 4.98 Å². The zero-order valence-corrected chi connectivity index (χ0v) is 17.2. The minimum absolute atomic E-state index is 0.392. The van der Waals surface area contributed by atoms with Crippen molar-refractivity contribution >= 4 is 16.9 Å². The van der Waals surface area contributed by atoms with Crippen molar-refractivity contribution in [3.63, 3.8) is 0 Å². The van der Waals surface area contributed by atoms with Gasteiger partial charge in [0.2, 0.25) is 0 Å². The van der Waals surface area contributed by atoms with Gasteiger partial charge >= 0.3 is 0 Å². The van der Waals surface area contributed by atoms with Crippen molar-refractivity contribution in [3.8, 4) is 17.2 Å². The van der Waals surface area contributed by atoms with Gasteiger partial charge in [0.25, 0.3) is 0 Å². The van der Waals surface area contributed by atoms with Crippen LogP contribution in [0.5, 0.6) is 0 Å². The summed E-state index contributed by atoms with van der Waals surface area (Å²) in [7, 11) is 2.01. The third-order valence-electron chi connectivity index (χ3n) is 6.00. The lowest BCUT2D eigenvalue weighted by molar-refractivity contribution is 0.692. The van der Waals surface area contributed by atoms with E-state index in [0.717, 1.165) is 64.3 Å². The summed E-state index contributed by atoms with van der Waals surface area (Å²) in [5, 5.41) is 17.7. The summed E-state index contributed by atoms with van der Waals surface area (Å²) < 4.78 is 2.03. The van der Waals surface area contributed by atoms with Gasteiger partial charge in [-0.15, -0.1) is 10.2 Å². The van der Waals surface area contributed by atoms with Gasteiger partial charge in [0.15, 0.2) is 11.5 Å². The average Bonchev–Trinajstić information content (AvgIpc) is 3.15. The van der Waals surface area contributed by atoms with Crippen LogP contribution < -0.4 is 4.90 Å². The van der Waals surface area contributed by atoms with E-state index in [0.29, 0.717) is 5.69 Å². The van der Waals surface area contributed by atoms with Crippen molar-refractivity contribution in [2.75, 3.05) is 11.4 Å². The Morgan fingerprint density at radius 2 is 1.90 bits per heavy atom. The van der Waals surface area contributed by atoms with Gasteiger partial charge in [-0.25, -0.2) is 4.98 Å². The quantitative estimate of drug-likeness (QED) is 0.517. The van der Waals surface area contributed by atoms with E-state index >= 15 is 0 Å². The lowest BCUT2D eigenvalue weighted by Crippen LogP contribution is -2.32. The zero-order valence-electron chi connectivity index (χ0n) is 17.2. The molecule has 0 saturated carbocycles. The second-order valence-electron chi connectivity index (χ2n) is 7.79. The first-order chi connectivity index (χ1) is 14.5. The maximum absolute atomic E-state index is 9.20. The van der Waals surface area contributed by atoms with Crippen molar-refractivity contribution in [3.05, 3.63) is 64.9 Å². The predicted octanol–water partition coefficient (Wildman–Crippen LogP) is 3.48. The van der Waals surface area contributed by atoms with Gasteiger partial charge < -0.3 is 9.47 Å². The fourth-order valence-corrected chi connectivity index (χ4v) is 4.07. The van der Waals surface area contributed by atoms with Crippen molar-refractivity contribution in [2.45, 2.75) is 26.8 Å². The summed E-state index contributed by atoms with van der Waals surface area (Å²) in [6.45, 7) is 5.50. The molecule has 0 spiro atoms. The Bertz CT molecular complexity index is 1330. The van der Waals surface area contributed by atoms with Gasteiger partial charge in [-0.05, 0) is 54.3 Å². The molecule has 0 saturated heterocycles. The van der Waals surface area contributed by atoms with Crippen LogP contribution in [0.4, 0.5) is 5.82 Å². The summed E-state index contributed by atoms with van der Waals surface area (Å²) in [5.74, 6) is 0.846. The van der Waals surface area contributed by atoms with Crippen molar-refractivity contribution in [1.82, 2.24) is 24.7 Å². The molecule has 30 heavy (non-hydrogen) atoms. The molecule has 0 N–H and O–H groups in total. The van der Waals surface area contributed by atoms with Crippen molar-refractivity contribution in [2.24, 2.45) is 7.05 Å². The first-order valence-corrected chi connectivity index (χ1v) is 9.93. The highest BCUT2D eigenvalue weighted by molar-refractivity contribution is 5.82. The smallest absolute Gasteiger partial charge is 0.166 e. The summed E-state index contributed by atoms with van der Waals surface area (Å²) >= 11 is 0. The molecule has 0 fully saturated rings. The molecule has 1 aliphatic rings. The Morgan fingerprint density at radius 3 is 2.73 bits per heavy atom. The predicted molar refractivity (Wildman–Crippen MR) is 115 cm³/mol. The molecular formula is C23H21N7. The van der Waals surface area contributed by atoms with Crippen LogP contribution in [-0.2, 0) is 20.0 Å². The Morgan fingerprint density at radius 1 is 1.03 bits per heavy atom. The zero-order chi connectivity index (χ0) is 20.8. The molecule has 0 amide bonds. The number of rotatable bonds is 2. The van der Waals surface area contributed by atoms with Gasteiger partial charge in [0.1, 0.15) is 6.07 Å². The molecule has 0 bridgehead atoms. The van der Waals surface area contributed by atoms with E-state index in [1.807, 2.05) is 38.0 Å². The van der Waals surface area contributed by atoms with Crippen molar-refractivity contribution in [1.29, 1.82) is 5.26 Å². The number of aromatic nitrogens is 5. The molecule has 3 aromatic heterocycles. The molecule has 0 atom stereocenters. The van der Waals surface area contributed by atoms with E-state index in [2.05, 4.69) is 50.4 Å². The second-order valence-corrected chi connectivity index (χ2v) is 7.79. The lowest BCUT2D eigenvalue weighted by atomic mass is 9.99. The van der Waals surface area contributed by atoms with E-state index in [1.54, 1.807) is 0 Å². The highest BCUT2D eigenvalue weighted by Gasteiger charge is 2.22. The normalized spacial score (nSPS) is 13.3. The molecule has 7 nitrogen and oxygen atoms in total. The summed E-state index contributed by atoms with van der Waals surface area (Å²) in [6, 6.07) is 10.6. The number of nitrogens with zero attached hydrogens (tertiary/aromatic N) is 7. The molecule has 1 aliphatic heterocycles. The van der Waals surface area contributed by atoms with Gasteiger partial charge in [-0.2, -0.15) is 5.26 Å². The minimum Gasteiger partial charge on any atom is -0.350 e. The Hall–Kier alpha value is -3.79. The van der Waals surface area contributed by atoms with E-state index < -0.39 is 0 Å². The molecule has 148 valence electrons. The highest BCUT2D eigenvalue weighted by atomic mass is 15.3. The molecule has 0 unspecified atom stereocenters. The summed E-state index contributed by atoms with van der Waals surface area (Å²) in [4.78, 5) is 11.4. The summed E-state index contributed by atoms with van der Waals surface area (Å²) in [5.41, 5.74) is 8.94. The maximum atomic E-state index is 9.20. The number of hydrogen-bond acceptors (Lipinski definition) is 6. The standard InChI is InChI=1S/C23H21N7/c1-14-15(2)23(28-27-21(14)10-24)30-7-6-19-18(12-30)8-17(11-25-19)16-4-5-20-22(9-16)29(3)13-26-20/h4-5,8-9,11,13H,6-7,12H2,1-3H3. The minimum atomic E-state index is 0.392. The number of nitriles is 1. The van der Waals surface area contributed by atoms with Crippen LogP contribution in [0.2, 0.25) is 0 Å². The number of aryl methyl sites for hydroxylation is 1. The van der Waals surface area contributed by atoms with E-state index in [1.165, 1.54) is 5.56 Å². The maximum Gasteiger partial charge on any atom is 0.166 e. The molecule has 7 heteroatoms. The largest absolute Gasteiger partial charge is 0.350 e. The number of imidazole rings is 1. The topological polar surface area (TPSA) is 83.5 Å². The SMILES string of the molecule is Cc1c(C#N)nnc(N2CCc3ncc(-c4ccc5ncn(C)c5c4)cc3C2)c1C. The molecule has 4 heterocycles. The fourth-order valence-electron chi connectivity index (χ4n) is 4.07. The number of fused-ring (bicyclic) bond motifs is 2. The van der Waals surface area contributed by atoms with Crippen LogP contribution in [0, 0.1) is 25.2 Å². The molecule has 1 aromatic carbocycles. The molecule has 5 rings (SSSR count). The highest BCUT2D eigenvalue weighted by Crippen LogP contribution is 2.30.